The van der Waals surface area contributed by atoms with Crippen molar-refractivity contribution < 1.29 is 14.3 Å². The second-order valence-electron chi connectivity index (χ2n) is 9.23. The fourth-order valence-corrected chi connectivity index (χ4v) is 6.22. The third kappa shape index (κ3) is 4.19. The highest BCUT2D eigenvalue weighted by Crippen LogP contribution is 2.41. The average Bonchev–Trinajstić information content (AvgIpc) is 3.26. The molecule has 0 saturated heterocycles. The Labute approximate surface area is 223 Å². The maximum Gasteiger partial charge on any atom is 0.337 e. The van der Waals surface area contributed by atoms with Gasteiger partial charge in [-0.25, -0.2) is 9.79 Å². The van der Waals surface area contributed by atoms with E-state index in [-0.39, 0.29) is 17.6 Å². The minimum absolute atomic E-state index is 0.0740. The summed E-state index contributed by atoms with van der Waals surface area (Å²) in [5.41, 5.74) is 6.71. The van der Waals surface area contributed by atoms with E-state index in [4.69, 9.17) is 14.5 Å². The van der Waals surface area contributed by atoms with Crippen LogP contribution in [0.1, 0.15) is 52.0 Å². The Kier molecular flexibility index (Phi) is 6.29. The van der Waals surface area contributed by atoms with Crippen LogP contribution in [0, 0.1) is 0 Å². The quantitative estimate of drug-likeness (QED) is 0.362. The molecule has 4 aromatic rings. The van der Waals surface area contributed by atoms with E-state index < -0.39 is 0 Å². The Hall–Kier alpha value is -4.23. The number of benzene rings is 3. The first-order valence-corrected chi connectivity index (χ1v) is 13.4. The summed E-state index contributed by atoms with van der Waals surface area (Å²) in [4.78, 5) is 31.6. The lowest BCUT2D eigenvalue weighted by Crippen LogP contribution is -2.38. The largest absolute Gasteiger partial charge is 0.494 e. The van der Waals surface area contributed by atoms with Crippen LogP contribution in [0.3, 0.4) is 0 Å². The van der Waals surface area contributed by atoms with Gasteiger partial charge in [-0.3, -0.25) is 9.36 Å². The second kappa shape index (κ2) is 9.91. The predicted octanol–water partition coefficient (Wildman–Crippen LogP) is 4.50. The summed E-state index contributed by atoms with van der Waals surface area (Å²) in [6.07, 6.45) is 3.60. The first kappa shape index (κ1) is 24.1. The molecule has 38 heavy (non-hydrogen) atoms. The molecule has 6 rings (SSSR count). The van der Waals surface area contributed by atoms with Crippen molar-refractivity contribution in [2.45, 2.75) is 25.8 Å². The predicted molar refractivity (Wildman–Crippen MR) is 148 cm³/mol. The number of rotatable bonds is 5. The molecule has 2 heterocycles. The molecule has 7 heteroatoms. The molecule has 0 N–H and O–H groups in total. The van der Waals surface area contributed by atoms with Crippen LogP contribution in [0.25, 0.3) is 11.8 Å². The number of fused-ring (bicyclic) bond motifs is 3. The number of allylic oxidation sites excluding steroid dienone is 1. The molecule has 0 spiro atoms. The molecule has 2 aliphatic rings. The SMILES string of the molecule is CCOc1ccc(C=c2sc3n(c2=O)C(c2ccc(C(=O)OC)cc2)C2=C(N=3)c3ccccc3CC2)cc1. The summed E-state index contributed by atoms with van der Waals surface area (Å²) in [5, 5.41) is 0. The number of carbonyl (C=O) groups is 1. The molecule has 1 unspecified atom stereocenters. The summed E-state index contributed by atoms with van der Waals surface area (Å²) in [5.74, 6) is 0.412. The van der Waals surface area contributed by atoms with Crippen LogP contribution in [-0.4, -0.2) is 24.3 Å². The topological polar surface area (TPSA) is 69.9 Å². The van der Waals surface area contributed by atoms with Crippen molar-refractivity contribution in [1.82, 2.24) is 4.57 Å². The molecule has 1 atom stereocenters. The van der Waals surface area contributed by atoms with Gasteiger partial charge in [-0.15, -0.1) is 0 Å². The van der Waals surface area contributed by atoms with E-state index in [1.807, 2.05) is 60.0 Å². The molecule has 6 nitrogen and oxygen atoms in total. The van der Waals surface area contributed by atoms with E-state index in [0.29, 0.717) is 21.5 Å². The first-order valence-electron chi connectivity index (χ1n) is 12.6. The molecule has 3 aromatic carbocycles. The zero-order valence-electron chi connectivity index (χ0n) is 21.1. The number of aryl methyl sites for hydroxylation is 1. The van der Waals surface area contributed by atoms with E-state index in [9.17, 15) is 9.59 Å². The van der Waals surface area contributed by atoms with Crippen molar-refractivity contribution in [3.8, 4) is 5.75 Å². The zero-order valence-corrected chi connectivity index (χ0v) is 22.0. The molecule has 1 aromatic heterocycles. The number of esters is 1. The number of methoxy groups -OCH3 is 1. The normalized spacial score (nSPS) is 16.3. The van der Waals surface area contributed by atoms with Crippen molar-refractivity contribution in [2.75, 3.05) is 13.7 Å². The number of ether oxygens (including phenoxy) is 2. The van der Waals surface area contributed by atoms with Crippen LogP contribution >= 0.6 is 11.3 Å². The van der Waals surface area contributed by atoms with Gasteiger partial charge in [0.1, 0.15) is 5.75 Å². The zero-order chi connectivity index (χ0) is 26.2. The lowest BCUT2D eigenvalue weighted by Gasteiger charge is -2.30. The number of hydrogen-bond acceptors (Lipinski definition) is 6. The van der Waals surface area contributed by atoms with Gasteiger partial charge < -0.3 is 9.47 Å². The van der Waals surface area contributed by atoms with Crippen LogP contribution in [0.15, 0.2) is 88.2 Å². The molecular formula is C31H26N2O4S. The highest BCUT2D eigenvalue weighted by molar-refractivity contribution is 7.07. The molecular weight excluding hydrogens is 496 g/mol. The monoisotopic (exact) mass is 522 g/mol. The highest BCUT2D eigenvalue weighted by Gasteiger charge is 2.32. The lowest BCUT2D eigenvalue weighted by molar-refractivity contribution is 0.0600. The number of carbonyl (C=O) groups excluding carboxylic acids is 1. The highest BCUT2D eigenvalue weighted by atomic mass is 32.1. The molecule has 0 fully saturated rings. The molecule has 190 valence electrons. The van der Waals surface area contributed by atoms with Gasteiger partial charge in [-0.2, -0.15) is 0 Å². The Balaban J connectivity index is 1.53. The van der Waals surface area contributed by atoms with Gasteiger partial charge >= 0.3 is 5.97 Å². The van der Waals surface area contributed by atoms with E-state index in [1.165, 1.54) is 24.0 Å². The third-order valence-corrected chi connectivity index (χ3v) is 7.99. The Morgan fingerprint density at radius 3 is 2.55 bits per heavy atom. The van der Waals surface area contributed by atoms with Crippen molar-refractivity contribution in [3.05, 3.63) is 126 Å². The van der Waals surface area contributed by atoms with E-state index in [1.54, 1.807) is 12.1 Å². The van der Waals surface area contributed by atoms with Gasteiger partial charge in [-0.05, 0) is 72.4 Å². The molecule has 1 aliphatic carbocycles. The smallest absolute Gasteiger partial charge is 0.337 e. The molecule has 0 bridgehead atoms. The Bertz CT molecular complexity index is 1750. The van der Waals surface area contributed by atoms with Gasteiger partial charge in [0.05, 0.1) is 35.6 Å². The van der Waals surface area contributed by atoms with Crippen LogP contribution in [0.4, 0.5) is 0 Å². The average molecular weight is 523 g/mol. The van der Waals surface area contributed by atoms with Crippen molar-refractivity contribution in [2.24, 2.45) is 4.99 Å². The van der Waals surface area contributed by atoms with Crippen LogP contribution < -0.4 is 19.6 Å². The van der Waals surface area contributed by atoms with Crippen molar-refractivity contribution in [3.63, 3.8) is 0 Å². The maximum absolute atomic E-state index is 13.9. The standard InChI is InChI=1S/C31H26N2O4S/c1-3-37-23-15-8-19(9-16-23)18-26-29(34)33-28(21-10-12-22(13-11-21)30(35)36-2)25-17-14-20-6-4-5-7-24(20)27(25)32-31(33)38-26/h4-13,15-16,18,28H,3,14,17H2,1-2H3. The number of thiazole rings is 1. The van der Waals surface area contributed by atoms with E-state index in [2.05, 4.69) is 18.2 Å². The Morgan fingerprint density at radius 2 is 1.82 bits per heavy atom. The van der Waals surface area contributed by atoms with Gasteiger partial charge in [0.25, 0.3) is 5.56 Å². The second-order valence-corrected chi connectivity index (χ2v) is 10.2. The first-order chi connectivity index (χ1) is 18.6. The molecule has 0 amide bonds. The third-order valence-electron chi connectivity index (χ3n) is 7.01. The minimum atomic E-state index is -0.387. The van der Waals surface area contributed by atoms with Crippen molar-refractivity contribution >= 4 is 29.1 Å². The van der Waals surface area contributed by atoms with Crippen molar-refractivity contribution in [1.29, 1.82) is 0 Å². The summed E-state index contributed by atoms with van der Waals surface area (Å²) in [7, 11) is 1.37. The van der Waals surface area contributed by atoms with Crippen LogP contribution in [0.2, 0.25) is 0 Å². The van der Waals surface area contributed by atoms with Crippen LogP contribution in [0.5, 0.6) is 5.75 Å². The molecule has 0 radical (unpaired) electrons. The summed E-state index contributed by atoms with van der Waals surface area (Å²) >= 11 is 1.40. The molecule has 1 aliphatic heterocycles. The fraction of sp³-hybridized carbons (Fsp3) is 0.194. The van der Waals surface area contributed by atoms with E-state index in [0.717, 1.165) is 46.6 Å². The summed E-state index contributed by atoms with van der Waals surface area (Å²) < 4.78 is 12.9. The van der Waals surface area contributed by atoms with Gasteiger partial charge in [0.15, 0.2) is 4.80 Å². The number of hydrogen-bond donors (Lipinski definition) is 0. The fourth-order valence-electron chi connectivity index (χ4n) is 5.22. The van der Waals surface area contributed by atoms with Gasteiger partial charge in [0.2, 0.25) is 0 Å². The lowest BCUT2D eigenvalue weighted by atomic mass is 9.83. The number of nitrogens with zero attached hydrogens (tertiary/aromatic N) is 2. The summed E-state index contributed by atoms with van der Waals surface area (Å²) in [6.45, 7) is 2.55. The van der Waals surface area contributed by atoms with E-state index >= 15 is 0 Å². The van der Waals surface area contributed by atoms with Gasteiger partial charge in [-0.1, -0.05) is 59.9 Å². The van der Waals surface area contributed by atoms with Crippen LogP contribution in [-0.2, 0) is 11.2 Å². The maximum atomic E-state index is 13.9. The number of aromatic nitrogens is 1. The Morgan fingerprint density at radius 1 is 1.05 bits per heavy atom. The minimum Gasteiger partial charge on any atom is -0.494 e. The summed E-state index contributed by atoms with van der Waals surface area (Å²) in [6, 6.07) is 23.1. The molecule has 0 saturated carbocycles. The van der Waals surface area contributed by atoms with Gasteiger partial charge in [0, 0.05) is 5.56 Å².